The molecule has 5 nitrogen and oxygen atoms in total. The second kappa shape index (κ2) is 5.18. The highest BCUT2D eigenvalue weighted by Gasteiger charge is 2.34. The SMILES string of the molecule is NC1(c2cccc(Cn3c(=S)[nH]c(=O)c4[nH]ccc43)c2)CCC1. The van der Waals surface area contributed by atoms with Crippen LogP contribution in [-0.4, -0.2) is 14.5 Å². The van der Waals surface area contributed by atoms with Gasteiger partial charge in [-0.25, -0.2) is 0 Å². The molecule has 0 radical (unpaired) electrons. The third kappa shape index (κ3) is 2.34. The normalized spacial score (nSPS) is 16.4. The fraction of sp³-hybridized carbons (Fsp3) is 0.294. The van der Waals surface area contributed by atoms with Crippen LogP contribution in [0.3, 0.4) is 0 Å². The van der Waals surface area contributed by atoms with E-state index >= 15 is 0 Å². The quantitative estimate of drug-likeness (QED) is 0.648. The Labute approximate surface area is 138 Å². The van der Waals surface area contributed by atoms with Crippen LogP contribution in [0.15, 0.2) is 41.3 Å². The van der Waals surface area contributed by atoms with Crippen molar-refractivity contribution in [3.8, 4) is 0 Å². The molecule has 4 N–H and O–H groups in total. The van der Waals surface area contributed by atoms with E-state index in [2.05, 4.69) is 28.2 Å². The standard InChI is InChI=1S/C17H18N4OS/c18-17(6-2-7-17)12-4-1-3-11(9-12)10-21-13-5-8-19-14(13)15(22)20-16(21)23/h1,3-5,8-9,19H,2,6-7,10,18H2,(H,20,22,23). The molecule has 6 heteroatoms. The molecule has 4 rings (SSSR count). The molecule has 0 spiro atoms. The number of hydrogen-bond donors (Lipinski definition) is 3. The predicted octanol–water partition coefficient (Wildman–Crippen LogP) is 2.77. The van der Waals surface area contributed by atoms with E-state index in [1.54, 1.807) is 6.20 Å². The first kappa shape index (κ1) is 14.4. The lowest BCUT2D eigenvalue weighted by Gasteiger charge is -2.38. The number of hydrogen-bond acceptors (Lipinski definition) is 3. The van der Waals surface area contributed by atoms with Crippen LogP contribution < -0.4 is 11.3 Å². The zero-order chi connectivity index (χ0) is 16.0. The topological polar surface area (TPSA) is 79.6 Å². The summed E-state index contributed by atoms with van der Waals surface area (Å²) in [5, 5.41) is 0. The van der Waals surface area contributed by atoms with Gasteiger partial charge in [-0.15, -0.1) is 0 Å². The number of aromatic amines is 2. The fourth-order valence-corrected chi connectivity index (χ4v) is 3.53. The van der Waals surface area contributed by atoms with Gasteiger partial charge in [0.05, 0.1) is 12.1 Å². The molecular weight excluding hydrogens is 308 g/mol. The van der Waals surface area contributed by atoms with E-state index in [1.807, 2.05) is 16.7 Å². The molecular formula is C17H18N4OS. The van der Waals surface area contributed by atoms with Crippen LogP contribution in [0.1, 0.15) is 30.4 Å². The van der Waals surface area contributed by atoms with E-state index < -0.39 is 0 Å². The molecule has 1 aromatic carbocycles. The van der Waals surface area contributed by atoms with Crippen LogP contribution >= 0.6 is 12.2 Å². The minimum Gasteiger partial charge on any atom is -0.355 e. The molecule has 0 bridgehead atoms. The first-order chi connectivity index (χ1) is 11.1. The lowest BCUT2D eigenvalue weighted by molar-refractivity contribution is 0.253. The molecule has 0 saturated heterocycles. The largest absolute Gasteiger partial charge is 0.355 e. The predicted molar refractivity (Wildman–Crippen MR) is 93.0 cm³/mol. The summed E-state index contributed by atoms with van der Waals surface area (Å²) >= 11 is 5.34. The van der Waals surface area contributed by atoms with Gasteiger partial charge in [-0.2, -0.15) is 0 Å². The molecule has 118 valence electrons. The average molecular weight is 326 g/mol. The Kier molecular flexibility index (Phi) is 3.25. The third-order valence-electron chi connectivity index (χ3n) is 4.80. The van der Waals surface area contributed by atoms with Crippen LogP contribution in [0.2, 0.25) is 0 Å². The summed E-state index contributed by atoms with van der Waals surface area (Å²) in [4.78, 5) is 17.6. The van der Waals surface area contributed by atoms with E-state index in [0.717, 1.165) is 23.9 Å². The third-order valence-corrected chi connectivity index (χ3v) is 5.12. The fourth-order valence-electron chi connectivity index (χ4n) is 3.27. The number of benzene rings is 1. The van der Waals surface area contributed by atoms with Crippen LogP contribution in [0.25, 0.3) is 11.0 Å². The van der Waals surface area contributed by atoms with Crippen LogP contribution in [0.4, 0.5) is 0 Å². The summed E-state index contributed by atoms with van der Waals surface area (Å²) in [6, 6.07) is 10.2. The molecule has 0 unspecified atom stereocenters. The van der Waals surface area contributed by atoms with Gasteiger partial charge in [0.2, 0.25) is 0 Å². The van der Waals surface area contributed by atoms with Crippen molar-refractivity contribution in [2.75, 3.05) is 0 Å². The van der Waals surface area contributed by atoms with Crippen LogP contribution in [-0.2, 0) is 12.1 Å². The molecule has 1 aliphatic rings. The van der Waals surface area contributed by atoms with Gasteiger partial charge in [-0.05, 0) is 48.7 Å². The Morgan fingerprint density at radius 1 is 1.30 bits per heavy atom. The highest BCUT2D eigenvalue weighted by atomic mass is 32.1. The molecule has 3 aromatic rings. The second-order valence-electron chi connectivity index (χ2n) is 6.29. The van der Waals surface area contributed by atoms with Crippen LogP contribution in [0, 0.1) is 4.77 Å². The van der Waals surface area contributed by atoms with E-state index in [-0.39, 0.29) is 11.1 Å². The van der Waals surface area contributed by atoms with E-state index in [1.165, 1.54) is 12.0 Å². The van der Waals surface area contributed by atoms with Gasteiger partial charge in [0.25, 0.3) is 5.56 Å². The van der Waals surface area contributed by atoms with Crippen LogP contribution in [0.5, 0.6) is 0 Å². The molecule has 2 heterocycles. The summed E-state index contributed by atoms with van der Waals surface area (Å²) in [5.41, 5.74) is 9.74. The maximum absolute atomic E-state index is 11.9. The zero-order valence-corrected chi connectivity index (χ0v) is 13.5. The van der Waals surface area contributed by atoms with Crippen molar-refractivity contribution in [2.45, 2.75) is 31.3 Å². The Bertz CT molecular complexity index is 993. The van der Waals surface area contributed by atoms with Crippen molar-refractivity contribution in [2.24, 2.45) is 5.73 Å². The van der Waals surface area contributed by atoms with E-state index in [9.17, 15) is 4.79 Å². The Morgan fingerprint density at radius 2 is 2.13 bits per heavy atom. The van der Waals surface area contributed by atoms with E-state index in [0.29, 0.717) is 16.8 Å². The number of nitrogens with one attached hydrogen (secondary N) is 2. The summed E-state index contributed by atoms with van der Waals surface area (Å²) in [6.45, 7) is 0.605. The molecule has 0 aliphatic heterocycles. The average Bonchev–Trinajstić information content (AvgIpc) is 2.99. The van der Waals surface area contributed by atoms with Crippen molar-refractivity contribution in [3.63, 3.8) is 0 Å². The van der Waals surface area contributed by atoms with Crippen molar-refractivity contribution in [1.29, 1.82) is 0 Å². The first-order valence-electron chi connectivity index (χ1n) is 7.75. The maximum atomic E-state index is 11.9. The lowest BCUT2D eigenvalue weighted by Crippen LogP contribution is -2.43. The minimum atomic E-state index is -0.185. The second-order valence-corrected chi connectivity index (χ2v) is 6.68. The number of nitrogens with two attached hydrogens (primary N) is 1. The lowest BCUT2D eigenvalue weighted by atomic mass is 9.72. The Hall–Kier alpha value is -2.18. The Balaban J connectivity index is 1.77. The summed E-state index contributed by atoms with van der Waals surface area (Å²) in [7, 11) is 0. The van der Waals surface area contributed by atoms with Crippen molar-refractivity contribution >= 4 is 23.3 Å². The van der Waals surface area contributed by atoms with Gasteiger partial charge in [0.15, 0.2) is 4.77 Å². The van der Waals surface area contributed by atoms with Gasteiger partial charge in [-0.1, -0.05) is 24.3 Å². The number of nitrogens with zero attached hydrogens (tertiary/aromatic N) is 1. The maximum Gasteiger partial charge on any atom is 0.276 e. The van der Waals surface area contributed by atoms with E-state index in [4.69, 9.17) is 18.0 Å². The molecule has 1 saturated carbocycles. The monoisotopic (exact) mass is 326 g/mol. The minimum absolute atomic E-state index is 0.175. The van der Waals surface area contributed by atoms with Crippen molar-refractivity contribution < 1.29 is 0 Å². The molecule has 1 fully saturated rings. The number of fused-ring (bicyclic) bond motifs is 1. The van der Waals surface area contributed by atoms with Gasteiger partial charge in [0, 0.05) is 11.7 Å². The highest BCUT2D eigenvalue weighted by Crippen LogP contribution is 2.38. The molecule has 2 aromatic heterocycles. The van der Waals surface area contributed by atoms with Crippen molar-refractivity contribution in [1.82, 2.24) is 14.5 Å². The number of aromatic nitrogens is 3. The Morgan fingerprint density at radius 3 is 2.87 bits per heavy atom. The molecule has 1 aliphatic carbocycles. The summed E-state index contributed by atoms with van der Waals surface area (Å²) in [5.74, 6) is 0. The summed E-state index contributed by atoms with van der Waals surface area (Å²) < 4.78 is 2.37. The smallest absolute Gasteiger partial charge is 0.276 e. The van der Waals surface area contributed by atoms with Gasteiger partial charge < -0.3 is 15.3 Å². The number of H-pyrrole nitrogens is 2. The molecule has 23 heavy (non-hydrogen) atoms. The van der Waals surface area contributed by atoms with Gasteiger partial charge >= 0.3 is 0 Å². The van der Waals surface area contributed by atoms with Gasteiger partial charge in [0.1, 0.15) is 5.52 Å². The highest BCUT2D eigenvalue weighted by molar-refractivity contribution is 7.71. The first-order valence-corrected chi connectivity index (χ1v) is 8.16. The zero-order valence-electron chi connectivity index (χ0n) is 12.6. The molecule has 0 atom stereocenters. The molecule has 0 amide bonds. The van der Waals surface area contributed by atoms with Gasteiger partial charge in [-0.3, -0.25) is 9.78 Å². The number of rotatable bonds is 3. The summed E-state index contributed by atoms with van der Waals surface area (Å²) in [6.07, 6.45) is 5.02. The van der Waals surface area contributed by atoms with Crippen molar-refractivity contribution in [3.05, 3.63) is 62.8 Å².